The summed E-state index contributed by atoms with van der Waals surface area (Å²) in [7, 11) is 0. The molecular formula is C26H21N3O6S. The SMILES string of the molecule is CCOC(=O)c1sc(CC(=O)C(C#N)=Cc2ccc(-c3cc(C)c(C)c([N+](=O)[O-])c3)o2)c(C#N)c1C. The number of carbonyl (C=O) groups is 2. The minimum Gasteiger partial charge on any atom is -0.462 e. The van der Waals surface area contributed by atoms with Crippen molar-refractivity contribution in [2.24, 2.45) is 0 Å². The fourth-order valence-electron chi connectivity index (χ4n) is 3.55. The molecule has 0 atom stereocenters. The number of hydrogen-bond donors (Lipinski definition) is 0. The first-order chi connectivity index (χ1) is 17.1. The Labute approximate surface area is 211 Å². The summed E-state index contributed by atoms with van der Waals surface area (Å²) in [6.07, 6.45) is 1.03. The molecule has 0 saturated heterocycles. The lowest BCUT2D eigenvalue weighted by Gasteiger charge is -2.04. The number of esters is 1. The van der Waals surface area contributed by atoms with Crippen LogP contribution in [0.5, 0.6) is 0 Å². The number of benzene rings is 1. The zero-order chi connectivity index (χ0) is 26.6. The van der Waals surface area contributed by atoms with E-state index in [-0.39, 0.29) is 40.5 Å². The maximum atomic E-state index is 12.9. The molecule has 0 unspecified atom stereocenters. The maximum absolute atomic E-state index is 12.9. The van der Waals surface area contributed by atoms with E-state index in [1.165, 1.54) is 12.1 Å². The molecule has 1 aromatic carbocycles. The molecule has 9 nitrogen and oxygen atoms in total. The number of ketones is 1. The van der Waals surface area contributed by atoms with Crippen LogP contribution in [0.4, 0.5) is 5.69 Å². The Bertz CT molecular complexity index is 1500. The summed E-state index contributed by atoms with van der Waals surface area (Å²) >= 11 is 0.996. The summed E-state index contributed by atoms with van der Waals surface area (Å²) in [5, 5.41) is 30.5. The van der Waals surface area contributed by atoms with Crippen LogP contribution in [0, 0.1) is 53.5 Å². The second-order valence-electron chi connectivity index (χ2n) is 7.85. The highest BCUT2D eigenvalue weighted by atomic mass is 32.1. The number of aryl methyl sites for hydroxylation is 1. The number of carbonyl (C=O) groups excluding carboxylic acids is 2. The molecule has 2 heterocycles. The first-order valence-electron chi connectivity index (χ1n) is 10.8. The van der Waals surface area contributed by atoms with Gasteiger partial charge in [0.1, 0.15) is 28.5 Å². The summed E-state index contributed by atoms with van der Waals surface area (Å²) < 4.78 is 10.8. The van der Waals surface area contributed by atoms with Gasteiger partial charge in [0.05, 0.1) is 22.7 Å². The number of nitriles is 2. The number of furan rings is 1. The minimum atomic E-state index is -0.569. The molecule has 2 aromatic heterocycles. The third-order valence-corrected chi connectivity index (χ3v) is 6.84. The molecule has 0 N–H and O–H groups in total. The Morgan fingerprint density at radius 2 is 1.92 bits per heavy atom. The van der Waals surface area contributed by atoms with Crippen LogP contribution in [-0.4, -0.2) is 23.3 Å². The Kier molecular flexibility index (Phi) is 7.83. The van der Waals surface area contributed by atoms with Crippen molar-refractivity contribution in [3.05, 3.63) is 77.7 Å². The number of allylic oxidation sites excluding steroid dienone is 1. The molecule has 182 valence electrons. The Balaban J connectivity index is 1.90. The highest BCUT2D eigenvalue weighted by Crippen LogP contribution is 2.32. The van der Waals surface area contributed by atoms with Gasteiger partial charge in [0.2, 0.25) is 0 Å². The van der Waals surface area contributed by atoms with Gasteiger partial charge in [-0.1, -0.05) is 0 Å². The Morgan fingerprint density at radius 1 is 1.19 bits per heavy atom. The smallest absolute Gasteiger partial charge is 0.348 e. The van der Waals surface area contributed by atoms with Gasteiger partial charge in [0.15, 0.2) is 5.78 Å². The summed E-state index contributed by atoms with van der Waals surface area (Å²) in [6.45, 7) is 6.88. The van der Waals surface area contributed by atoms with E-state index in [4.69, 9.17) is 9.15 Å². The van der Waals surface area contributed by atoms with Crippen molar-refractivity contribution in [1.29, 1.82) is 10.5 Å². The fraction of sp³-hybridized carbons (Fsp3) is 0.231. The molecule has 0 saturated carbocycles. The topological polar surface area (TPSA) is 147 Å². The summed E-state index contributed by atoms with van der Waals surface area (Å²) in [5.41, 5.74) is 2.19. The van der Waals surface area contributed by atoms with E-state index in [1.807, 2.05) is 12.1 Å². The summed E-state index contributed by atoms with van der Waals surface area (Å²) in [5.74, 6) is -0.561. The van der Waals surface area contributed by atoms with E-state index >= 15 is 0 Å². The van der Waals surface area contributed by atoms with Crippen LogP contribution < -0.4 is 0 Å². The standard InChI is InChI=1S/C26H21N3O6S/c1-5-34-26(31)25-16(4)20(13-28)24(36-25)11-22(30)18(12-27)9-19-6-7-23(35-19)17-8-14(2)15(3)21(10-17)29(32)33/h6-10H,5,11H2,1-4H3. The van der Waals surface area contributed by atoms with Crippen LogP contribution in [0.3, 0.4) is 0 Å². The average Bonchev–Trinajstić information content (AvgIpc) is 3.43. The number of nitrogens with zero attached hydrogens (tertiary/aromatic N) is 3. The van der Waals surface area contributed by atoms with Crippen molar-refractivity contribution in [1.82, 2.24) is 0 Å². The second kappa shape index (κ2) is 10.8. The molecule has 0 fully saturated rings. The lowest BCUT2D eigenvalue weighted by molar-refractivity contribution is -0.385. The zero-order valence-electron chi connectivity index (χ0n) is 20.0. The van der Waals surface area contributed by atoms with Gasteiger partial charge in [-0.2, -0.15) is 10.5 Å². The Morgan fingerprint density at radius 3 is 2.53 bits per heavy atom. The highest BCUT2D eigenvalue weighted by molar-refractivity contribution is 7.14. The van der Waals surface area contributed by atoms with E-state index in [9.17, 15) is 30.2 Å². The molecule has 0 aliphatic heterocycles. The van der Waals surface area contributed by atoms with Gasteiger partial charge in [-0.25, -0.2) is 4.79 Å². The summed E-state index contributed by atoms with van der Waals surface area (Å²) in [6, 6.07) is 10.2. The van der Waals surface area contributed by atoms with Crippen LogP contribution in [0.15, 0.2) is 34.3 Å². The molecular weight excluding hydrogens is 482 g/mol. The molecule has 3 aromatic rings. The molecule has 0 bridgehead atoms. The highest BCUT2D eigenvalue weighted by Gasteiger charge is 2.24. The molecule has 3 rings (SSSR count). The first kappa shape index (κ1) is 26.1. The van der Waals surface area contributed by atoms with E-state index in [2.05, 4.69) is 0 Å². The number of Topliss-reactive ketones (excluding diaryl/α,β-unsaturated/α-hetero) is 1. The first-order valence-corrected chi connectivity index (χ1v) is 11.6. The third-order valence-electron chi connectivity index (χ3n) is 5.57. The lowest BCUT2D eigenvalue weighted by Crippen LogP contribution is -2.05. The Hall–Kier alpha value is -4.54. The van der Waals surface area contributed by atoms with E-state index in [0.29, 0.717) is 27.3 Å². The van der Waals surface area contributed by atoms with Gasteiger partial charge in [-0.15, -0.1) is 11.3 Å². The minimum absolute atomic E-state index is 0.0342. The van der Waals surface area contributed by atoms with Crippen LogP contribution in [0.2, 0.25) is 0 Å². The van der Waals surface area contributed by atoms with Gasteiger partial charge < -0.3 is 9.15 Å². The van der Waals surface area contributed by atoms with E-state index < -0.39 is 16.7 Å². The van der Waals surface area contributed by atoms with Gasteiger partial charge in [0, 0.05) is 34.6 Å². The van der Waals surface area contributed by atoms with Crippen molar-refractivity contribution in [3.63, 3.8) is 0 Å². The van der Waals surface area contributed by atoms with E-state index in [1.54, 1.807) is 45.9 Å². The monoisotopic (exact) mass is 503 g/mol. The zero-order valence-corrected chi connectivity index (χ0v) is 20.8. The van der Waals surface area contributed by atoms with Crippen molar-refractivity contribution in [3.8, 4) is 23.5 Å². The van der Waals surface area contributed by atoms with E-state index in [0.717, 1.165) is 16.9 Å². The van der Waals surface area contributed by atoms with Crippen LogP contribution in [0.1, 0.15) is 49.5 Å². The largest absolute Gasteiger partial charge is 0.462 e. The molecule has 0 amide bonds. The van der Waals surface area contributed by atoms with Gasteiger partial charge >= 0.3 is 5.97 Å². The predicted molar refractivity (Wildman–Crippen MR) is 132 cm³/mol. The van der Waals surface area contributed by atoms with Crippen LogP contribution in [-0.2, 0) is 16.0 Å². The number of rotatable bonds is 8. The number of nitro benzene ring substituents is 1. The lowest BCUT2D eigenvalue weighted by atomic mass is 10.0. The van der Waals surface area contributed by atoms with Gasteiger partial charge in [0.25, 0.3) is 5.69 Å². The average molecular weight is 504 g/mol. The van der Waals surface area contributed by atoms with Crippen molar-refractivity contribution in [2.75, 3.05) is 6.61 Å². The molecule has 0 aliphatic rings. The number of hydrogen-bond acceptors (Lipinski definition) is 9. The molecule has 0 radical (unpaired) electrons. The van der Waals surface area contributed by atoms with Crippen LogP contribution in [0.25, 0.3) is 17.4 Å². The molecule has 0 aliphatic carbocycles. The quantitative estimate of drug-likeness (QED) is 0.127. The number of ether oxygens (including phenoxy) is 1. The fourth-order valence-corrected chi connectivity index (χ4v) is 4.70. The van der Waals surface area contributed by atoms with Crippen molar-refractivity contribution >= 4 is 34.9 Å². The van der Waals surface area contributed by atoms with Crippen molar-refractivity contribution in [2.45, 2.75) is 34.1 Å². The number of nitro groups is 1. The predicted octanol–water partition coefficient (Wildman–Crippen LogP) is 5.61. The normalized spacial score (nSPS) is 11.0. The molecule has 36 heavy (non-hydrogen) atoms. The van der Waals surface area contributed by atoms with Crippen LogP contribution >= 0.6 is 11.3 Å². The van der Waals surface area contributed by atoms with Gasteiger partial charge in [-0.3, -0.25) is 14.9 Å². The number of thiophene rings is 1. The molecule has 0 spiro atoms. The maximum Gasteiger partial charge on any atom is 0.348 e. The van der Waals surface area contributed by atoms with Crippen molar-refractivity contribution < 1.29 is 23.7 Å². The second-order valence-corrected chi connectivity index (χ2v) is 8.96. The summed E-state index contributed by atoms with van der Waals surface area (Å²) in [4.78, 5) is 36.6. The third kappa shape index (κ3) is 5.24. The molecule has 10 heteroatoms. The van der Waals surface area contributed by atoms with Gasteiger partial charge in [-0.05, 0) is 57.0 Å².